The molecule has 115 heavy (non-hydrogen) atoms. The number of amides is 3. The van der Waals surface area contributed by atoms with E-state index in [1.54, 1.807) is 12.1 Å². The summed E-state index contributed by atoms with van der Waals surface area (Å²) in [5, 5.41) is 36.8. The van der Waals surface area contributed by atoms with Gasteiger partial charge in [-0.05, 0) is 174 Å². The van der Waals surface area contributed by atoms with Gasteiger partial charge in [-0.3, -0.25) is 4.79 Å². The van der Waals surface area contributed by atoms with Crippen LogP contribution in [-0.4, -0.2) is 29.1 Å². The molecule has 0 spiro atoms. The number of carboxylic acid groups (broad SMARTS) is 1. The van der Waals surface area contributed by atoms with Crippen molar-refractivity contribution in [3.8, 4) is 0 Å². The molecule has 1 atom stereocenters. The maximum Gasteiger partial charge on any atom is 0.326 e. The molecule has 15 aromatic carbocycles. The van der Waals surface area contributed by atoms with Crippen LogP contribution in [0.5, 0.6) is 0 Å². The van der Waals surface area contributed by atoms with Crippen LogP contribution < -0.4 is 79.6 Å². The summed E-state index contributed by atoms with van der Waals surface area (Å²) in [5.74, 6) is -1.67. The Morgan fingerprint density at radius 1 is 0.357 bits per heavy atom. The number of hydrogen-bond acceptors (Lipinski definition) is 3. The number of carbonyl (C=O) groups is 3. The molecule has 576 valence electrons. The van der Waals surface area contributed by atoms with E-state index in [1.807, 2.05) is 56.3 Å². The molecule has 0 saturated heterocycles. The SMILES string of the molecule is C=CCc1cc(C)c(NC(=O)Nc2cc3ccccc3cc2C(=O)NC(C(=O)O)C2CCCCC2)c(C)c1.[Pd].c1ccc(P(c2ccccc2)c2ccccc2)cc1.c1ccc(P(c2ccccc2)c2ccccc2)cc1.c1ccc(P(c2ccccc2)c2ccccc2)cc1.c1ccc(P(c2ccccc2)c2ccccc2)cc1. The van der Waals surface area contributed by atoms with Gasteiger partial charge in [0.2, 0.25) is 0 Å². The number of aryl methyl sites for hydroxylation is 2. The zero-order chi connectivity index (χ0) is 78.9. The Bertz CT molecular complexity index is 4550. The molecule has 0 heterocycles. The van der Waals surface area contributed by atoms with E-state index in [4.69, 9.17) is 0 Å². The molecule has 0 aliphatic heterocycles. The molecule has 1 fully saturated rings. The Kier molecular flexibility index (Phi) is 33.3. The van der Waals surface area contributed by atoms with Crippen molar-refractivity contribution in [2.24, 2.45) is 5.92 Å². The second-order valence-corrected chi connectivity index (χ2v) is 36.4. The average Bonchev–Trinajstić information content (AvgIpc) is 0.798. The van der Waals surface area contributed by atoms with E-state index in [9.17, 15) is 19.5 Å². The minimum absolute atomic E-state index is 0. The standard InChI is InChI=1S/C31H35N3O4.4C18H15P.Pd/c1-4-10-21-15-19(2)27(20(3)16-21)34-31(38)32-26-18-24-14-9-8-13-23(24)17-25(26)29(35)33-28(30(36)37)22-11-6-5-7-12-22;4*1-4-10-16(11-5-1)19(17-12-6-2-7-13-17)18-14-8-3-9-15-18;/h4,8-9,13-18,22,28H,1,5-7,10-12H2,2-3H3,(H,33,35)(H,36,37)(H2,32,34,38);4*1-15H;. The fourth-order valence-corrected chi connectivity index (χ4v) is 23.3. The number of carboxylic acids is 1. The third kappa shape index (κ3) is 24.5. The summed E-state index contributed by atoms with van der Waals surface area (Å²) in [6.07, 6.45) is 7.12. The monoisotopic (exact) mass is 1670 g/mol. The predicted octanol–water partition coefficient (Wildman–Crippen LogP) is 20.4. The van der Waals surface area contributed by atoms with Crippen LogP contribution in [0, 0.1) is 19.8 Å². The number of hydrogen-bond donors (Lipinski definition) is 4. The summed E-state index contributed by atoms with van der Waals surface area (Å²) in [4.78, 5) is 38.7. The van der Waals surface area contributed by atoms with Gasteiger partial charge in [-0.1, -0.05) is 426 Å². The Hall–Kier alpha value is -11.1. The van der Waals surface area contributed by atoms with E-state index in [0.717, 1.165) is 66.0 Å². The van der Waals surface area contributed by atoms with Gasteiger partial charge in [0.05, 0.1) is 11.3 Å². The molecule has 3 amide bonds. The zero-order valence-corrected chi connectivity index (χ0v) is 69.9. The number of urea groups is 1. The third-order valence-electron chi connectivity index (χ3n) is 19.4. The molecule has 1 saturated carbocycles. The van der Waals surface area contributed by atoms with Gasteiger partial charge in [0.1, 0.15) is 6.04 Å². The first-order valence-corrected chi connectivity index (χ1v) is 44.1. The van der Waals surface area contributed by atoms with Crippen LogP contribution in [0.4, 0.5) is 16.2 Å². The predicted molar refractivity (Wildman–Crippen MR) is 492 cm³/mol. The van der Waals surface area contributed by atoms with Gasteiger partial charge in [0, 0.05) is 26.1 Å². The Morgan fingerprint density at radius 3 is 0.843 bits per heavy atom. The number of allylic oxidation sites excluding steroid dienone is 1. The molecule has 4 N–H and O–H groups in total. The molecule has 16 rings (SSSR count). The van der Waals surface area contributed by atoms with E-state index in [2.05, 4.69) is 387 Å². The van der Waals surface area contributed by atoms with E-state index in [-0.39, 0.29) is 31.9 Å². The summed E-state index contributed by atoms with van der Waals surface area (Å²) in [6, 6.07) is 143. The van der Waals surface area contributed by atoms with Crippen LogP contribution >= 0.6 is 31.7 Å². The third-order valence-corrected chi connectivity index (χ3v) is 29.2. The van der Waals surface area contributed by atoms with Crippen molar-refractivity contribution in [3.05, 3.63) is 447 Å². The number of benzene rings is 15. The van der Waals surface area contributed by atoms with Gasteiger partial charge < -0.3 is 21.1 Å². The van der Waals surface area contributed by atoms with Crippen LogP contribution in [0.15, 0.2) is 425 Å². The molecule has 0 bridgehead atoms. The van der Waals surface area contributed by atoms with E-state index in [1.165, 1.54) is 63.7 Å². The van der Waals surface area contributed by atoms with Crippen LogP contribution in [0.1, 0.15) is 59.2 Å². The molecule has 0 radical (unpaired) electrons. The summed E-state index contributed by atoms with van der Waals surface area (Å²) >= 11 is 0. The Morgan fingerprint density at radius 2 is 0.600 bits per heavy atom. The van der Waals surface area contributed by atoms with Crippen molar-refractivity contribution in [2.75, 3.05) is 10.6 Å². The second-order valence-electron chi connectivity index (χ2n) is 27.5. The minimum Gasteiger partial charge on any atom is -0.480 e. The first-order chi connectivity index (χ1) is 56.1. The molecular weight excluding hydrogens is 1570 g/mol. The van der Waals surface area contributed by atoms with Crippen LogP contribution in [0.2, 0.25) is 0 Å². The minimum atomic E-state index is -1.04. The van der Waals surface area contributed by atoms with Crippen molar-refractivity contribution in [3.63, 3.8) is 0 Å². The average molecular weight is 1670 g/mol. The first-order valence-electron chi connectivity index (χ1n) is 38.7. The van der Waals surface area contributed by atoms with Gasteiger partial charge in [-0.25, -0.2) is 9.59 Å². The van der Waals surface area contributed by atoms with Gasteiger partial charge in [-0.15, -0.1) is 6.58 Å². The number of nitrogens with one attached hydrogen (secondary N) is 3. The van der Waals surface area contributed by atoms with Gasteiger partial charge in [0.15, 0.2) is 0 Å². The number of anilines is 2. The smallest absolute Gasteiger partial charge is 0.326 e. The first kappa shape index (κ1) is 84.8. The zero-order valence-electron chi connectivity index (χ0n) is 64.7. The normalized spacial score (nSPS) is 11.8. The molecule has 12 heteroatoms. The number of carbonyl (C=O) groups excluding carboxylic acids is 2. The topological polar surface area (TPSA) is 108 Å². The summed E-state index contributed by atoms with van der Waals surface area (Å²) < 4.78 is 0. The largest absolute Gasteiger partial charge is 0.480 e. The summed E-state index contributed by atoms with van der Waals surface area (Å²) in [7, 11) is -1.78. The van der Waals surface area contributed by atoms with Gasteiger partial charge in [-0.2, -0.15) is 0 Å². The van der Waals surface area contributed by atoms with E-state index >= 15 is 0 Å². The fraction of sp³-hybridized carbons (Fsp3) is 0.0971. The number of aliphatic carboxylic acids is 1. The fourth-order valence-electron chi connectivity index (χ4n) is 14.1. The Balaban J connectivity index is 0.000000147. The maximum atomic E-state index is 13.5. The Labute approximate surface area is 697 Å². The molecule has 15 aromatic rings. The van der Waals surface area contributed by atoms with Gasteiger partial charge >= 0.3 is 12.0 Å². The molecule has 1 unspecified atom stereocenters. The second kappa shape index (κ2) is 45.1. The molecule has 0 aromatic heterocycles. The van der Waals surface area contributed by atoms with Crippen LogP contribution in [0.25, 0.3) is 10.8 Å². The number of fused-ring (bicyclic) bond motifs is 1. The van der Waals surface area contributed by atoms with E-state index in [0.29, 0.717) is 11.4 Å². The van der Waals surface area contributed by atoms with Crippen molar-refractivity contribution in [1.82, 2.24) is 5.32 Å². The van der Waals surface area contributed by atoms with Crippen molar-refractivity contribution >= 4 is 135 Å². The quantitative estimate of drug-likeness (QED) is 0.0346. The van der Waals surface area contributed by atoms with Crippen molar-refractivity contribution in [1.29, 1.82) is 0 Å². The molecular formula is C103H95N3O4P4Pd. The summed E-state index contributed by atoms with van der Waals surface area (Å²) in [5.41, 5.74) is 4.18. The van der Waals surface area contributed by atoms with Crippen molar-refractivity contribution < 1.29 is 39.9 Å². The molecule has 1 aliphatic carbocycles. The van der Waals surface area contributed by atoms with Crippen LogP contribution in [0.3, 0.4) is 0 Å². The molecule has 1 aliphatic rings. The van der Waals surface area contributed by atoms with E-state index < -0.39 is 55.6 Å². The summed E-state index contributed by atoms with van der Waals surface area (Å²) in [6.45, 7) is 7.65. The molecule has 7 nitrogen and oxygen atoms in total. The maximum absolute atomic E-state index is 13.5. The van der Waals surface area contributed by atoms with Crippen molar-refractivity contribution in [2.45, 2.75) is 58.4 Å². The van der Waals surface area contributed by atoms with Gasteiger partial charge in [0.25, 0.3) is 5.91 Å². The van der Waals surface area contributed by atoms with Crippen LogP contribution in [-0.2, 0) is 31.6 Å². The number of rotatable bonds is 20.